The molecule has 2 amide bonds. The lowest BCUT2D eigenvalue weighted by Gasteiger charge is -2.23. The Balaban J connectivity index is 1.64. The minimum atomic E-state index is -0.198. The number of anilines is 2. The third-order valence-corrected chi connectivity index (χ3v) is 4.04. The van der Waals surface area contributed by atoms with E-state index in [1.165, 1.54) is 11.3 Å². The molecule has 0 bridgehead atoms. The van der Waals surface area contributed by atoms with Crippen LogP contribution in [0.2, 0.25) is 0 Å². The molecule has 2 aromatic heterocycles. The fraction of sp³-hybridized carbons (Fsp3) is 0.438. The Bertz CT molecular complexity index is 708. The Hall–Kier alpha value is -2.57. The predicted octanol–water partition coefficient (Wildman–Crippen LogP) is 1.86. The highest BCUT2D eigenvalue weighted by molar-refractivity contribution is 5.92. The van der Waals surface area contributed by atoms with Gasteiger partial charge in [-0.15, -0.1) is 0 Å². The lowest BCUT2D eigenvalue weighted by atomic mass is 9.94. The first-order chi connectivity index (χ1) is 11.0. The molecule has 0 saturated heterocycles. The maximum absolute atomic E-state index is 12.3. The van der Waals surface area contributed by atoms with E-state index in [1.54, 1.807) is 0 Å². The van der Waals surface area contributed by atoms with Crippen molar-refractivity contribution in [1.29, 1.82) is 0 Å². The molecule has 0 aliphatic heterocycles. The summed E-state index contributed by atoms with van der Waals surface area (Å²) in [5.74, 6) is 0.751. The maximum Gasteiger partial charge on any atom is 0.319 e. The lowest BCUT2D eigenvalue weighted by Crippen LogP contribution is -2.41. The minimum absolute atomic E-state index is 0.126. The second-order valence-corrected chi connectivity index (χ2v) is 6.13. The number of nitrogens with zero attached hydrogens (tertiary/aromatic N) is 3. The van der Waals surface area contributed by atoms with E-state index in [9.17, 15) is 4.79 Å². The average molecular weight is 314 g/mol. The third-order valence-electron chi connectivity index (χ3n) is 4.04. The number of rotatable bonds is 3. The van der Waals surface area contributed by atoms with E-state index in [4.69, 9.17) is 0 Å². The van der Waals surface area contributed by atoms with Crippen molar-refractivity contribution >= 4 is 17.5 Å². The number of hydrogen-bond donors (Lipinski definition) is 3. The maximum atomic E-state index is 12.3. The van der Waals surface area contributed by atoms with E-state index < -0.39 is 0 Å². The number of hydrogen-bond acceptors (Lipinski definition) is 4. The number of carbonyl (C=O) groups is 1. The molecule has 0 fully saturated rings. The molecule has 1 aliphatic carbocycles. The van der Waals surface area contributed by atoms with E-state index in [1.807, 2.05) is 44.2 Å². The van der Waals surface area contributed by atoms with Crippen LogP contribution in [0.5, 0.6) is 0 Å². The van der Waals surface area contributed by atoms with Gasteiger partial charge in [0.15, 0.2) is 5.82 Å². The number of aryl methyl sites for hydroxylation is 2. The molecule has 1 atom stereocenters. The summed E-state index contributed by atoms with van der Waals surface area (Å²) in [4.78, 5) is 18.7. The first-order valence-electron chi connectivity index (χ1n) is 7.76. The molecule has 0 aromatic carbocycles. The van der Waals surface area contributed by atoms with Gasteiger partial charge in [0.2, 0.25) is 0 Å². The first-order valence-corrected chi connectivity index (χ1v) is 7.76. The van der Waals surface area contributed by atoms with Crippen molar-refractivity contribution in [3.63, 3.8) is 0 Å². The third kappa shape index (κ3) is 3.44. The molecule has 7 heteroatoms. The number of H-pyrrole nitrogens is 1. The van der Waals surface area contributed by atoms with Gasteiger partial charge in [-0.1, -0.05) is 0 Å². The predicted molar refractivity (Wildman–Crippen MR) is 89.9 cm³/mol. The molecule has 0 saturated carbocycles. The monoisotopic (exact) mass is 314 g/mol. The molecular formula is C16H22N6O. The summed E-state index contributed by atoms with van der Waals surface area (Å²) in [6.07, 6.45) is 4.48. The van der Waals surface area contributed by atoms with Gasteiger partial charge < -0.3 is 15.5 Å². The molecule has 1 aliphatic rings. The van der Waals surface area contributed by atoms with Crippen molar-refractivity contribution in [2.24, 2.45) is 0 Å². The molecule has 0 radical (unpaired) electrons. The van der Waals surface area contributed by atoms with Gasteiger partial charge >= 0.3 is 6.03 Å². The van der Waals surface area contributed by atoms with Gasteiger partial charge in [-0.05, 0) is 43.9 Å². The first kappa shape index (κ1) is 15.3. The zero-order chi connectivity index (χ0) is 16.4. The van der Waals surface area contributed by atoms with Gasteiger partial charge in [0.1, 0.15) is 0 Å². The van der Waals surface area contributed by atoms with Crippen molar-refractivity contribution in [1.82, 2.24) is 20.5 Å². The Labute approximate surface area is 135 Å². The number of carbonyl (C=O) groups excluding carboxylic acids is 1. The smallest absolute Gasteiger partial charge is 0.319 e. The number of fused-ring (bicyclic) bond motifs is 1. The van der Waals surface area contributed by atoms with E-state index >= 15 is 0 Å². The SMILES string of the molecule is Cc1ccc(NC(=O)N[C@H]2CCc3[nH]ncc3C2)c(N(C)C)n1. The summed E-state index contributed by atoms with van der Waals surface area (Å²) in [6, 6.07) is 3.70. The molecule has 2 aromatic rings. The van der Waals surface area contributed by atoms with Crippen LogP contribution in [0.15, 0.2) is 18.3 Å². The van der Waals surface area contributed by atoms with E-state index in [0.717, 1.165) is 30.8 Å². The Morgan fingerprint density at radius 3 is 3.00 bits per heavy atom. The van der Waals surface area contributed by atoms with Crippen molar-refractivity contribution in [3.8, 4) is 0 Å². The molecule has 0 spiro atoms. The highest BCUT2D eigenvalue weighted by Gasteiger charge is 2.22. The number of nitrogens with one attached hydrogen (secondary N) is 3. The van der Waals surface area contributed by atoms with Crippen LogP contribution in [0.25, 0.3) is 0 Å². The number of aromatic amines is 1. The summed E-state index contributed by atoms with van der Waals surface area (Å²) in [5, 5.41) is 13.0. The van der Waals surface area contributed by atoms with Crippen molar-refractivity contribution in [2.75, 3.05) is 24.3 Å². The van der Waals surface area contributed by atoms with Gasteiger partial charge in [-0.3, -0.25) is 5.10 Å². The molecule has 3 N–H and O–H groups in total. The summed E-state index contributed by atoms with van der Waals surface area (Å²) in [5.41, 5.74) is 3.99. The standard InChI is InChI=1S/C16H22N6O/c1-10-4-6-14(15(18-10)22(2)3)20-16(23)19-12-5-7-13-11(8-12)9-17-21-13/h4,6,9,12H,5,7-8H2,1-3H3,(H,17,21)(H2,19,20,23)/t12-/m0/s1. The molecular weight excluding hydrogens is 292 g/mol. The molecule has 2 heterocycles. The van der Waals surface area contributed by atoms with Crippen LogP contribution in [-0.2, 0) is 12.8 Å². The van der Waals surface area contributed by atoms with Gasteiger partial charge in [-0.2, -0.15) is 5.10 Å². The van der Waals surface area contributed by atoms with Crippen LogP contribution in [0, 0.1) is 6.92 Å². The quantitative estimate of drug-likeness (QED) is 0.807. The summed E-state index contributed by atoms with van der Waals surface area (Å²) >= 11 is 0. The normalized spacial score (nSPS) is 16.6. The molecule has 122 valence electrons. The lowest BCUT2D eigenvalue weighted by molar-refractivity contribution is 0.247. The largest absolute Gasteiger partial charge is 0.361 e. The van der Waals surface area contributed by atoms with Crippen LogP contribution in [0.1, 0.15) is 23.4 Å². The zero-order valence-corrected chi connectivity index (χ0v) is 13.7. The van der Waals surface area contributed by atoms with Crippen LogP contribution >= 0.6 is 0 Å². The number of urea groups is 1. The van der Waals surface area contributed by atoms with Gasteiger partial charge in [0, 0.05) is 31.5 Å². The summed E-state index contributed by atoms with van der Waals surface area (Å²) in [6.45, 7) is 1.93. The van der Waals surface area contributed by atoms with Crippen molar-refractivity contribution < 1.29 is 4.79 Å². The zero-order valence-electron chi connectivity index (χ0n) is 13.7. The highest BCUT2D eigenvalue weighted by atomic mass is 16.2. The summed E-state index contributed by atoms with van der Waals surface area (Å²) in [7, 11) is 3.82. The van der Waals surface area contributed by atoms with Crippen LogP contribution < -0.4 is 15.5 Å². The minimum Gasteiger partial charge on any atom is -0.361 e. The van der Waals surface area contributed by atoms with Crippen molar-refractivity contribution in [3.05, 3.63) is 35.3 Å². The topological polar surface area (TPSA) is 85.9 Å². The average Bonchev–Trinajstić information content (AvgIpc) is 2.96. The molecule has 0 unspecified atom stereocenters. The summed E-state index contributed by atoms with van der Waals surface area (Å²) < 4.78 is 0. The molecule has 7 nitrogen and oxygen atoms in total. The van der Waals surface area contributed by atoms with E-state index in [-0.39, 0.29) is 12.1 Å². The van der Waals surface area contributed by atoms with Crippen molar-refractivity contribution in [2.45, 2.75) is 32.2 Å². The van der Waals surface area contributed by atoms with Crippen LogP contribution in [0.3, 0.4) is 0 Å². The van der Waals surface area contributed by atoms with Gasteiger partial charge in [0.25, 0.3) is 0 Å². The Morgan fingerprint density at radius 1 is 1.39 bits per heavy atom. The van der Waals surface area contributed by atoms with E-state index in [2.05, 4.69) is 25.8 Å². The highest BCUT2D eigenvalue weighted by Crippen LogP contribution is 2.22. The fourth-order valence-electron chi connectivity index (χ4n) is 2.86. The van der Waals surface area contributed by atoms with Crippen LogP contribution in [-0.4, -0.2) is 41.3 Å². The van der Waals surface area contributed by atoms with Gasteiger partial charge in [-0.25, -0.2) is 9.78 Å². The second kappa shape index (κ2) is 6.28. The molecule has 23 heavy (non-hydrogen) atoms. The van der Waals surface area contributed by atoms with Gasteiger partial charge in [0.05, 0.1) is 11.9 Å². The number of pyridine rings is 1. The Kier molecular flexibility index (Phi) is 4.18. The van der Waals surface area contributed by atoms with E-state index in [0.29, 0.717) is 5.69 Å². The fourth-order valence-corrected chi connectivity index (χ4v) is 2.86. The van der Waals surface area contributed by atoms with Crippen LogP contribution in [0.4, 0.5) is 16.3 Å². The Morgan fingerprint density at radius 2 is 2.22 bits per heavy atom. The second-order valence-electron chi connectivity index (χ2n) is 6.13. The number of amides is 2. The molecule has 3 rings (SSSR count). The number of aromatic nitrogens is 3.